The van der Waals surface area contributed by atoms with Crippen LogP contribution in [0.2, 0.25) is 0 Å². The van der Waals surface area contributed by atoms with E-state index < -0.39 is 0 Å². The van der Waals surface area contributed by atoms with Crippen LogP contribution < -0.4 is 0 Å². The fraction of sp³-hybridized carbons (Fsp3) is 0.333. The molecule has 1 aromatic rings. The summed E-state index contributed by atoms with van der Waals surface area (Å²) in [5, 5.41) is 0. The van der Waals surface area contributed by atoms with Crippen molar-refractivity contribution in [2.24, 2.45) is 0 Å². The Morgan fingerprint density at radius 3 is 2.73 bits per heavy atom. The number of carbonyl (C=O) groups is 2. The molecule has 2 rings (SSSR count). The highest BCUT2D eigenvalue weighted by Gasteiger charge is 2.30. The summed E-state index contributed by atoms with van der Waals surface area (Å²) in [5.74, 6) is 0.0796. The van der Waals surface area contributed by atoms with E-state index in [4.69, 9.17) is 0 Å². The zero-order valence-corrected chi connectivity index (χ0v) is 8.43. The van der Waals surface area contributed by atoms with Crippen molar-refractivity contribution in [2.75, 3.05) is 0 Å². The molecule has 1 aliphatic heterocycles. The minimum absolute atomic E-state index is 0.0796. The molecule has 0 N–H and O–H groups in total. The number of aldehydes is 1. The Hall–Kier alpha value is -1.64. The number of benzene rings is 1. The number of nitrogens with zero attached hydrogens (tertiary/aromatic N) is 1. The largest absolute Gasteiger partial charge is 0.329 e. The molecule has 0 spiro atoms. The topological polar surface area (TPSA) is 37.4 Å². The Labute approximate surface area is 88.7 Å². The molecule has 3 heteroatoms. The number of likely N-dealkylation sites (tertiary alicyclic amines) is 1. The highest BCUT2D eigenvalue weighted by atomic mass is 16.2. The van der Waals surface area contributed by atoms with Crippen molar-refractivity contribution < 1.29 is 9.59 Å². The van der Waals surface area contributed by atoms with Gasteiger partial charge in [0.1, 0.15) is 6.29 Å². The second kappa shape index (κ2) is 4.26. The minimum atomic E-state index is -0.224. The van der Waals surface area contributed by atoms with Crippen LogP contribution in [0.4, 0.5) is 0 Å². The number of rotatable bonds is 3. The molecule has 0 bridgehead atoms. The van der Waals surface area contributed by atoms with Crippen LogP contribution in [0.15, 0.2) is 30.3 Å². The second-order valence-corrected chi connectivity index (χ2v) is 3.75. The van der Waals surface area contributed by atoms with Crippen LogP contribution in [-0.4, -0.2) is 23.1 Å². The van der Waals surface area contributed by atoms with Gasteiger partial charge in [0.05, 0.1) is 6.04 Å². The lowest BCUT2D eigenvalue weighted by Crippen LogP contribution is -2.33. The van der Waals surface area contributed by atoms with Gasteiger partial charge in [-0.1, -0.05) is 30.3 Å². The minimum Gasteiger partial charge on any atom is -0.329 e. The SMILES string of the molecule is O=C[C@@H]1CCC(=O)N1Cc1ccccc1. The molecule has 0 aromatic heterocycles. The van der Waals surface area contributed by atoms with Crippen LogP contribution in [0, 0.1) is 0 Å². The summed E-state index contributed by atoms with van der Waals surface area (Å²) in [6, 6.07) is 9.52. The quantitative estimate of drug-likeness (QED) is 0.696. The van der Waals surface area contributed by atoms with E-state index in [9.17, 15) is 9.59 Å². The van der Waals surface area contributed by atoms with Crippen LogP contribution in [-0.2, 0) is 16.1 Å². The van der Waals surface area contributed by atoms with Crippen molar-refractivity contribution in [3.63, 3.8) is 0 Å². The molecule has 78 valence electrons. The first kappa shape index (κ1) is 9.90. The fourth-order valence-corrected chi connectivity index (χ4v) is 1.88. The molecule has 1 aromatic carbocycles. The predicted molar refractivity (Wildman–Crippen MR) is 56.1 cm³/mol. The summed E-state index contributed by atoms with van der Waals surface area (Å²) in [5.41, 5.74) is 1.07. The lowest BCUT2D eigenvalue weighted by atomic mass is 10.2. The van der Waals surface area contributed by atoms with Crippen LogP contribution >= 0.6 is 0 Å². The van der Waals surface area contributed by atoms with E-state index in [1.54, 1.807) is 4.90 Å². The first-order chi connectivity index (χ1) is 7.31. The van der Waals surface area contributed by atoms with Crippen molar-refractivity contribution in [1.29, 1.82) is 0 Å². The Morgan fingerprint density at radius 2 is 2.07 bits per heavy atom. The van der Waals surface area contributed by atoms with Gasteiger partial charge in [-0.05, 0) is 12.0 Å². The van der Waals surface area contributed by atoms with Gasteiger partial charge in [-0.2, -0.15) is 0 Å². The second-order valence-electron chi connectivity index (χ2n) is 3.75. The molecule has 1 aliphatic rings. The van der Waals surface area contributed by atoms with Gasteiger partial charge in [0, 0.05) is 13.0 Å². The highest BCUT2D eigenvalue weighted by Crippen LogP contribution is 2.19. The smallest absolute Gasteiger partial charge is 0.223 e. The molecular formula is C12H13NO2. The van der Waals surface area contributed by atoms with Crippen molar-refractivity contribution >= 4 is 12.2 Å². The van der Waals surface area contributed by atoms with E-state index in [0.717, 1.165) is 11.8 Å². The van der Waals surface area contributed by atoms with E-state index in [0.29, 0.717) is 19.4 Å². The third kappa shape index (κ3) is 2.06. The Kier molecular flexibility index (Phi) is 2.81. The van der Waals surface area contributed by atoms with Gasteiger partial charge in [0.25, 0.3) is 0 Å². The van der Waals surface area contributed by atoms with E-state index in [1.807, 2.05) is 30.3 Å². The first-order valence-electron chi connectivity index (χ1n) is 5.10. The molecule has 0 aliphatic carbocycles. The van der Waals surface area contributed by atoms with Crippen molar-refractivity contribution in [2.45, 2.75) is 25.4 Å². The summed E-state index contributed by atoms with van der Waals surface area (Å²) in [6.07, 6.45) is 2.03. The van der Waals surface area contributed by atoms with Gasteiger partial charge in [0.15, 0.2) is 0 Å². The fourth-order valence-electron chi connectivity index (χ4n) is 1.88. The van der Waals surface area contributed by atoms with Crippen molar-refractivity contribution in [3.8, 4) is 0 Å². The maximum absolute atomic E-state index is 11.5. The molecule has 1 amide bonds. The Balaban J connectivity index is 2.10. The lowest BCUT2D eigenvalue weighted by molar-refractivity contribution is -0.131. The molecule has 15 heavy (non-hydrogen) atoms. The molecular weight excluding hydrogens is 190 g/mol. The van der Waals surface area contributed by atoms with Crippen LogP contribution in [0.1, 0.15) is 18.4 Å². The van der Waals surface area contributed by atoms with Gasteiger partial charge in [0.2, 0.25) is 5.91 Å². The highest BCUT2D eigenvalue weighted by molar-refractivity contribution is 5.83. The monoisotopic (exact) mass is 203 g/mol. The van der Waals surface area contributed by atoms with Crippen LogP contribution in [0.5, 0.6) is 0 Å². The molecule has 3 nitrogen and oxygen atoms in total. The van der Waals surface area contributed by atoms with E-state index >= 15 is 0 Å². The standard InChI is InChI=1S/C12H13NO2/c14-9-11-6-7-12(15)13(11)8-10-4-2-1-3-5-10/h1-5,9,11H,6-8H2/t11-/m0/s1. The first-order valence-corrected chi connectivity index (χ1v) is 5.10. The summed E-state index contributed by atoms with van der Waals surface area (Å²) in [6.45, 7) is 0.545. The molecule has 1 saturated heterocycles. The average molecular weight is 203 g/mol. The maximum Gasteiger partial charge on any atom is 0.223 e. The summed E-state index contributed by atoms with van der Waals surface area (Å²) < 4.78 is 0. The van der Waals surface area contributed by atoms with E-state index in [1.165, 1.54) is 0 Å². The van der Waals surface area contributed by atoms with Crippen molar-refractivity contribution in [1.82, 2.24) is 4.90 Å². The molecule has 0 radical (unpaired) electrons. The zero-order chi connectivity index (χ0) is 10.7. The molecule has 1 heterocycles. The zero-order valence-electron chi connectivity index (χ0n) is 8.43. The normalized spacial score (nSPS) is 20.7. The molecule has 1 atom stereocenters. The van der Waals surface area contributed by atoms with Gasteiger partial charge >= 0.3 is 0 Å². The van der Waals surface area contributed by atoms with E-state index in [-0.39, 0.29) is 11.9 Å². The maximum atomic E-state index is 11.5. The van der Waals surface area contributed by atoms with Gasteiger partial charge in [-0.3, -0.25) is 4.79 Å². The summed E-state index contributed by atoms with van der Waals surface area (Å²) >= 11 is 0. The van der Waals surface area contributed by atoms with Gasteiger partial charge in [-0.25, -0.2) is 0 Å². The molecule has 0 unspecified atom stereocenters. The molecule has 0 saturated carbocycles. The van der Waals surface area contributed by atoms with E-state index in [2.05, 4.69) is 0 Å². The number of hydrogen-bond donors (Lipinski definition) is 0. The Bertz CT molecular complexity index is 361. The molecule has 1 fully saturated rings. The van der Waals surface area contributed by atoms with Crippen LogP contribution in [0.3, 0.4) is 0 Å². The van der Waals surface area contributed by atoms with Crippen LogP contribution in [0.25, 0.3) is 0 Å². The lowest BCUT2D eigenvalue weighted by Gasteiger charge is -2.20. The third-order valence-electron chi connectivity index (χ3n) is 2.73. The third-order valence-corrected chi connectivity index (χ3v) is 2.73. The number of hydrogen-bond acceptors (Lipinski definition) is 2. The number of amides is 1. The Morgan fingerprint density at radius 1 is 1.33 bits per heavy atom. The average Bonchev–Trinajstić information content (AvgIpc) is 2.62. The van der Waals surface area contributed by atoms with Gasteiger partial charge in [-0.15, -0.1) is 0 Å². The predicted octanol–water partition coefficient (Wildman–Crippen LogP) is 1.38. The van der Waals surface area contributed by atoms with Gasteiger partial charge < -0.3 is 9.69 Å². The number of carbonyl (C=O) groups excluding carboxylic acids is 2. The summed E-state index contributed by atoms with van der Waals surface area (Å²) in [7, 11) is 0. The summed E-state index contributed by atoms with van der Waals surface area (Å²) in [4.78, 5) is 23.9. The van der Waals surface area contributed by atoms with Crippen molar-refractivity contribution in [3.05, 3.63) is 35.9 Å².